The van der Waals surface area contributed by atoms with E-state index in [0.717, 1.165) is 18.7 Å². The number of halogens is 1. The molecule has 1 fully saturated rings. The van der Waals surface area contributed by atoms with Gasteiger partial charge in [-0.1, -0.05) is 36.6 Å². The highest BCUT2D eigenvalue weighted by Crippen LogP contribution is 2.25. The van der Waals surface area contributed by atoms with Gasteiger partial charge in [0.2, 0.25) is 0 Å². The third-order valence-corrected chi connectivity index (χ3v) is 5.99. The van der Waals surface area contributed by atoms with Gasteiger partial charge in [-0.15, -0.1) is 0 Å². The van der Waals surface area contributed by atoms with Crippen LogP contribution in [0.5, 0.6) is 0 Å². The van der Waals surface area contributed by atoms with E-state index in [-0.39, 0.29) is 6.04 Å². The van der Waals surface area contributed by atoms with E-state index in [9.17, 15) is 9.59 Å². The molecule has 3 rings (SSSR count). The van der Waals surface area contributed by atoms with Crippen molar-refractivity contribution in [2.24, 2.45) is 0 Å². The molecule has 1 atom stereocenters. The molecule has 1 aromatic heterocycles. The summed E-state index contributed by atoms with van der Waals surface area (Å²) in [4.78, 5) is 26.9. The van der Waals surface area contributed by atoms with E-state index in [4.69, 9.17) is 11.6 Å². The molecule has 5 nitrogen and oxygen atoms in total. The van der Waals surface area contributed by atoms with Crippen LogP contribution in [0.1, 0.15) is 42.9 Å². The molecule has 7 heteroatoms. The summed E-state index contributed by atoms with van der Waals surface area (Å²) in [6, 6.07) is 9.38. The molecule has 28 heavy (non-hydrogen) atoms. The molecular weight excluding hydrogens is 394 g/mol. The molecule has 0 spiro atoms. The normalized spacial score (nSPS) is 16.2. The van der Waals surface area contributed by atoms with Crippen molar-refractivity contribution in [3.05, 3.63) is 57.2 Å². The third-order valence-electron chi connectivity index (χ3n) is 5.04. The number of hydrogen-bond acceptors (Lipinski definition) is 4. The predicted octanol–water partition coefficient (Wildman–Crippen LogP) is 3.75. The summed E-state index contributed by atoms with van der Waals surface area (Å²) in [5, 5.41) is 10.3. The predicted molar refractivity (Wildman–Crippen MR) is 113 cm³/mol. The molecular formula is C21H26ClN3O2S. The van der Waals surface area contributed by atoms with Gasteiger partial charge < -0.3 is 10.6 Å². The Balaban J connectivity index is 1.53. The average Bonchev–Trinajstić information content (AvgIpc) is 3.10. The van der Waals surface area contributed by atoms with Gasteiger partial charge in [0.05, 0.1) is 6.04 Å². The highest BCUT2D eigenvalue weighted by atomic mass is 35.5. The second-order valence-electron chi connectivity index (χ2n) is 7.04. The van der Waals surface area contributed by atoms with Gasteiger partial charge in [0.25, 0.3) is 0 Å². The van der Waals surface area contributed by atoms with Gasteiger partial charge in [-0.3, -0.25) is 14.5 Å². The number of nitrogens with zero attached hydrogens (tertiary/aromatic N) is 1. The average molecular weight is 420 g/mol. The summed E-state index contributed by atoms with van der Waals surface area (Å²) >= 11 is 7.51. The van der Waals surface area contributed by atoms with Crippen LogP contribution in [-0.4, -0.2) is 36.3 Å². The van der Waals surface area contributed by atoms with Crippen LogP contribution in [-0.2, 0) is 16.1 Å². The van der Waals surface area contributed by atoms with Crippen molar-refractivity contribution < 1.29 is 9.59 Å². The van der Waals surface area contributed by atoms with E-state index >= 15 is 0 Å². The molecule has 0 unspecified atom stereocenters. The number of thiophene rings is 1. The number of amides is 2. The lowest BCUT2D eigenvalue weighted by molar-refractivity contribution is -0.139. The Hall–Kier alpha value is -1.89. The highest BCUT2D eigenvalue weighted by molar-refractivity contribution is 7.08. The van der Waals surface area contributed by atoms with E-state index in [1.54, 1.807) is 23.5 Å². The highest BCUT2D eigenvalue weighted by Gasteiger charge is 2.23. The van der Waals surface area contributed by atoms with Crippen molar-refractivity contribution in [2.45, 2.75) is 38.3 Å². The third kappa shape index (κ3) is 6.06. The van der Waals surface area contributed by atoms with E-state index in [2.05, 4.69) is 32.4 Å². The van der Waals surface area contributed by atoms with Crippen molar-refractivity contribution in [1.82, 2.24) is 15.5 Å². The quantitative estimate of drug-likeness (QED) is 0.701. The van der Waals surface area contributed by atoms with Gasteiger partial charge in [-0.25, -0.2) is 0 Å². The molecule has 1 aliphatic heterocycles. The zero-order chi connectivity index (χ0) is 19.8. The van der Waals surface area contributed by atoms with Crippen molar-refractivity contribution in [2.75, 3.05) is 19.6 Å². The summed E-state index contributed by atoms with van der Waals surface area (Å²) in [5.74, 6) is -1.21. The second kappa shape index (κ2) is 10.6. The van der Waals surface area contributed by atoms with Crippen LogP contribution in [0.4, 0.5) is 0 Å². The smallest absolute Gasteiger partial charge is 0.309 e. The number of nitrogens with one attached hydrogen (secondary N) is 2. The molecule has 0 bridgehead atoms. The van der Waals surface area contributed by atoms with Crippen molar-refractivity contribution in [1.29, 1.82) is 0 Å². The van der Waals surface area contributed by atoms with Crippen LogP contribution >= 0.6 is 22.9 Å². The summed E-state index contributed by atoms with van der Waals surface area (Å²) in [6.07, 6.45) is 4.87. The zero-order valence-electron chi connectivity index (χ0n) is 15.8. The number of hydrogen-bond donors (Lipinski definition) is 2. The molecule has 2 heterocycles. The Bertz CT molecular complexity index is 756. The van der Waals surface area contributed by atoms with Gasteiger partial charge in [-0.2, -0.15) is 11.3 Å². The first-order valence-corrected chi connectivity index (χ1v) is 11.0. The van der Waals surface area contributed by atoms with E-state index in [0.29, 0.717) is 18.1 Å². The fourth-order valence-corrected chi connectivity index (χ4v) is 4.30. The van der Waals surface area contributed by atoms with Crippen LogP contribution in [0.15, 0.2) is 41.1 Å². The molecule has 0 aliphatic carbocycles. The molecule has 2 N–H and O–H groups in total. The zero-order valence-corrected chi connectivity index (χ0v) is 17.4. The van der Waals surface area contributed by atoms with Crippen LogP contribution in [0.3, 0.4) is 0 Å². The van der Waals surface area contributed by atoms with E-state index in [1.807, 2.05) is 12.1 Å². The molecule has 0 radical (unpaired) electrons. The maximum atomic E-state index is 12.3. The molecule has 2 amide bonds. The lowest BCUT2D eigenvalue weighted by atomic mass is 10.1. The van der Waals surface area contributed by atoms with Crippen molar-refractivity contribution in [3.63, 3.8) is 0 Å². The molecule has 150 valence electrons. The SMILES string of the molecule is O=C(NCc1ccc(Cl)cc1)C(=O)NC[C@H](c1ccsc1)N1CCCCCC1. The Labute approximate surface area is 175 Å². The number of likely N-dealkylation sites (tertiary alicyclic amines) is 1. The molecule has 1 saturated heterocycles. The summed E-state index contributed by atoms with van der Waals surface area (Å²) in [5.41, 5.74) is 2.10. The first kappa shape index (κ1) is 20.8. The minimum atomic E-state index is -0.616. The maximum Gasteiger partial charge on any atom is 0.309 e. The summed E-state index contributed by atoms with van der Waals surface area (Å²) in [7, 11) is 0. The van der Waals surface area contributed by atoms with Crippen LogP contribution in [0.25, 0.3) is 0 Å². The van der Waals surface area contributed by atoms with Crippen LogP contribution in [0, 0.1) is 0 Å². The Morgan fingerprint density at radius 2 is 1.68 bits per heavy atom. The van der Waals surface area contributed by atoms with E-state index < -0.39 is 11.8 Å². The Kier molecular flexibility index (Phi) is 7.89. The van der Waals surface area contributed by atoms with Gasteiger partial charge >= 0.3 is 11.8 Å². The lowest BCUT2D eigenvalue weighted by Gasteiger charge is -2.30. The topological polar surface area (TPSA) is 61.4 Å². The van der Waals surface area contributed by atoms with E-state index in [1.165, 1.54) is 31.2 Å². The lowest BCUT2D eigenvalue weighted by Crippen LogP contribution is -2.44. The van der Waals surface area contributed by atoms with Gasteiger partial charge in [-0.05, 0) is 66.0 Å². The molecule has 1 aromatic carbocycles. The number of rotatable bonds is 6. The van der Waals surface area contributed by atoms with Crippen LogP contribution < -0.4 is 10.6 Å². The fraction of sp³-hybridized carbons (Fsp3) is 0.429. The van der Waals surface area contributed by atoms with Gasteiger partial charge in [0, 0.05) is 18.1 Å². The van der Waals surface area contributed by atoms with Crippen molar-refractivity contribution >= 4 is 34.8 Å². The number of carbonyl (C=O) groups excluding carboxylic acids is 2. The first-order valence-electron chi connectivity index (χ1n) is 9.70. The maximum absolute atomic E-state index is 12.3. The molecule has 2 aromatic rings. The second-order valence-corrected chi connectivity index (χ2v) is 8.26. The van der Waals surface area contributed by atoms with Crippen LogP contribution in [0.2, 0.25) is 5.02 Å². The number of benzene rings is 1. The molecule has 0 saturated carbocycles. The first-order chi connectivity index (χ1) is 13.6. The van der Waals surface area contributed by atoms with Gasteiger partial charge in [0.15, 0.2) is 0 Å². The summed E-state index contributed by atoms with van der Waals surface area (Å²) < 4.78 is 0. The number of carbonyl (C=O) groups is 2. The van der Waals surface area contributed by atoms with Crippen molar-refractivity contribution in [3.8, 4) is 0 Å². The summed E-state index contributed by atoms with van der Waals surface area (Å²) in [6.45, 7) is 2.78. The molecule has 1 aliphatic rings. The monoisotopic (exact) mass is 419 g/mol. The minimum Gasteiger partial charge on any atom is -0.346 e. The fourth-order valence-electron chi connectivity index (χ4n) is 3.46. The Morgan fingerprint density at radius 1 is 1.00 bits per heavy atom. The minimum absolute atomic E-state index is 0.109. The Morgan fingerprint density at radius 3 is 2.32 bits per heavy atom. The standard InChI is InChI=1S/C21H26ClN3O2S/c22-18-7-5-16(6-8-18)13-23-20(26)21(27)24-14-19(17-9-12-28-15-17)25-10-3-1-2-4-11-25/h5-9,12,15,19H,1-4,10-11,13-14H2,(H,23,26)(H,24,27)/t19-/m1/s1. The largest absolute Gasteiger partial charge is 0.346 e. The van der Waals surface area contributed by atoms with Gasteiger partial charge in [0.1, 0.15) is 0 Å².